The summed E-state index contributed by atoms with van der Waals surface area (Å²) in [6, 6.07) is 8.03. The molecule has 1 aromatic heterocycles. The lowest BCUT2D eigenvalue weighted by Gasteiger charge is -2.35. The number of ether oxygens (including phenoxy) is 1. The number of methoxy groups -OCH3 is 1. The third-order valence-electron chi connectivity index (χ3n) is 4.16. The van der Waals surface area contributed by atoms with Crippen molar-refractivity contribution in [3.05, 3.63) is 35.7 Å². The van der Waals surface area contributed by atoms with Crippen LogP contribution in [0, 0.1) is 0 Å². The number of nitrogens with zero attached hydrogens (tertiary/aromatic N) is 5. The average Bonchev–Trinajstić information content (AvgIpc) is 3.09. The second kappa shape index (κ2) is 7.69. The molecule has 0 unspecified atom stereocenters. The minimum absolute atomic E-state index is 0.0654. The Hall–Kier alpha value is -2.35. The highest BCUT2D eigenvalue weighted by atomic mass is 32.1. The molecule has 1 saturated heterocycles. The molecule has 0 spiro atoms. The van der Waals surface area contributed by atoms with Gasteiger partial charge in [0.05, 0.1) is 7.11 Å². The van der Waals surface area contributed by atoms with Crippen molar-refractivity contribution < 1.29 is 9.53 Å². The van der Waals surface area contributed by atoms with Crippen LogP contribution in [0.5, 0.6) is 5.75 Å². The highest BCUT2D eigenvalue weighted by Gasteiger charge is 2.24. The Balaban J connectivity index is 1.59. The summed E-state index contributed by atoms with van der Waals surface area (Å²) in [6.07, 6.45) is 0.687. The number of anilines is 1. The Morgan fingerprint density at radius 1 is 1.28 bits per heavy atom. The zero-order valence-corrected chi connectivity index (χ0v) is 15.6. The van der Waals surface area contributed by atoms with Gasteiger partial charge in [-0.1, -0.05) is 12.1 Å². The van der Waals surface area contributed by atoms with E-state index in [1.165, 1.54) is 11.5 Å². The molecule has 2 amide bonds. The highest BCUT2D eigenvalue weighted by Crippen LogP contribution is 2.21. The molecule has 25 heavy (non-hydrogen) atoms. The monoisotopic (exact) mass is 361 g/mol. The highest BCUT2D eigenvalue weighted by molar-refractivity contribution is 7.09. The smallest absolute Gasteiger partial charge is 0.319 e. The van der Waals surface area contributed by atoms with Crippen LogP contribution in [0.15, 0.2) is 24.3 Å². The van der Waals surface area contributed by atoms with Gasteiger partial charge in [-0.15, -0.1) is 0 Å². The standard InChI is InChI=1S/C17H23N5O2S/c1-20(2)17(23)22-9-7-21(8-10-22)16-18-15(19-25-16)12-13-5-4-6-14(11-13)24-3/h4-6,11H,7-10,12H2,1-3H3. The first-order chi connectivity index (χ1) is 12.1. The van der Waals surface area contributed by atoms with Gasteiger partial charge in [-0.05, 0) is 17.7 Å². The van der Waals surface area contributed by atoms with Gasteiger partial charge in [0.15, 0.2) is 0 Å². The van der Waals surface area contributed by atoms with E-state index in [1.807, 2.05) is 23.1 Å². The number of aromatic nitrogens is 2. The van der Waals surface area contributed by atoms with E-state index in [2.05, 4.69) is 20.3 Å². The van der Waals surface area contributed by atoms with Gasteiger partial charge in [-0.2, -0.15) is 4.37 Å². The molecule has 1 fully saturated rings. The van der Waals surface area contributed by atoms with Crippen molar-refractivity contribution >= 4 is 22.7 Å². The molecule has 0 saturated carbocycles. The first kappa shape index (κ1) is 17.5. The summed E-state index contributed by atoms with van der Waals surface area (Å²) < 4.78 is 9.74. The summed E-state index contributed by atoms with van der Waals surface area (Å²) >= 11 is 1.42. The molecule has 1 aliphatic rings. The second-order valence-corrected chi connectivity index (χ2v) is 6.90. The maximum absolute atomic E-state index is 12.0. The van der Waals surface area contributed by atoms with Crippen molar-refractivity contribution in [2.24, 2.45) is 0 Å². The zero-order chi connectivity index (χ0) is 17.8. The van der Waals surface area contributed by atoms with E-state index in [-0.39, 0.29) is 6.03 Å². The van der Waals surface area contributed by atoms with E-state index < -0.39 is 0 Å². The van der Waals surface area contributed by atoms with Crippen LogP contribution in [-0.2, 0) is 6.42 Å². The molecule has 0 atom stereocenters. The van der Waals surface area contributed by atoms with E-state index in [1.54, 1.807) is 26.1 Å². The maximum atomic E-state index is 12.0. The van der Waals surface area contributed by atoms with Crippen molar-refractivity contribution in [2.45, 2.75) is 6.42 Å². The van der Waals surface area contributed by atoms with Crippen LogP contribution in [0.1, 0.15) is 11.4 Å². The molecule has 1 aliphatic heterocycles. The van der Waals surface area contributed by atoms with Gasteiger partial charge >= 0.3 is 6.03 Å². The molecule has 1 aromatic carbocycles. The number of amides is 2. The molecule has 0 radical (unpaired) electrons. The number of carbonyl (C=O) groups excluding carboxylic acids is 1. The van der Waals surface area contributed by atoms with Crippen LogP contribution in [-0.4, -0.2) is 72.6 Å². The fourth-order valence-corrected chi connectivity index (χ4v) is 3.52. The minimum Gasteiger partial charge on any atom is -0.497 e. The van der Waals surface area contributed by atoms with Gasteiger partial charge in [0, 0.05) is 58.2 Å². The summed E-state index contributed by atoms with van der Waals surface area (Å²) in [5.41, 5.74) is 1.13. The second-order valence-electron chi connectivity index (χ2n) is 6.17. The third-order valence-corrected chi connectivity index (χ3v) is 4.97. The van der Waals surface area contributed by atoms with Crippen LogP contribution in [0.4, 0.5) is 9.93 Å². The molecular formula is C17H23N5O2S. The number of benzene rings is 1. The SMILES string of the molecule is COc1cccc(Cc2nsc(N3CCN(C(=O)N(C)C)CC3)n2)c1. The summed E-state index contributed by atoms with van der Waals surface area (Å²) in [4.78, 5) is 22.4. The third kappa shape index (κ3) is 4.19. The largest absolute Gasteiger partial charge is 0.497 e. The van der Waals surface area contributed by atoms with Crippen molar-refractivity contribution in [1.82, 2.24) is 19.2 Å². The van der Waals surface area contributed by atoms with Crippen molar-refractivity contribution in [2.75, 3.05) is 52.3 Å². The molecule has 0 bridgehead atoms. The molecule has 134 valence electrons. The Morgan fingerprint density at radius 3 is 2.72 bits per heavy atom. The van der Waals surface area contributed by atoms with E-state index in [9.17, 15) is 4.79 Å². The van der Waals surface area contributed by atoms with Gasteiger partial charge in [-0.25, -0.2) is 9.78 Å². The minimum atomic E-state index is 0.0654. The summed E-state index contributed by atoms with van der Waals surface area (Å²) in [6.45, 7) is 2.99. The molecule has 0 aliphatic carbocycles. The Morgan fingerprint density at radius 2 is 2.04 bits per heavy atom. The lowest BCUT2D eigenvalue weighted by Crippen LogP contribution is -2.51. The number of hydrogen-bond donors (Lipinski definition) is 0. The topological polar surface area (TPSA) is 61.8 Å². The Bertz CT molecular complexity index is 725. The lowest BCUT2D eigenvalue weighted by molar-refractivity contribution is 0.168. The molecule has 7 nitrogen and oxygen atoms in total. The molecule has 0 N–H and O–H groups in total. The zero-order valence-electron chi connectivity index (χ0n) is 14.8. The molecule has 8 heteroatoms. The van der Waals surface area contributed by atoms with Crippen molar-refractivity contribution in [3.63, 3.8) is 0 Å². The summed E-state index contributed by atoms with van der Waals surface area (Å²) in [5, 5.41) is 0.926. The Kier molecular flexibility index (Phi) is 5.37. The number of carbonyl (C=O) groups is 1. The van der Waals surface area contributed by atoms with Crippen LogP contribution >= 0.6 is 11.5 Å². The average molecular weight is 361 g/mol. The van der Waals surface area contributed by atoms with Crippen LogP contribution in [0.25, 0.3) is 0 Å². The summed E-state index contributed by atoms with van der Waals surface area (Å²) in [5.74, 6) is 1.66. The van der Waals surface area contributed by atoms with Gasteiger partial charge in [0.25, 0.3) is 0 Å². The van der Waals surface area contributed by atoms with E-state index in [0.717, 1.165) is 35.4 Å². The fourth-order valence-electron chi connectivity index (χ4n) is 2.78. The molecule has 2 heterocycles. The van der Waals surface area contributed by atoms with Crippen molar-refractivity contribution in [1.29, 1.82) is 0 Å². The van der Waals surface area contributed by atoms with Gasteiger partial charge in [-0.3, -0.25) is 0 Å². The fraction of sp³-hybridized carbons (Fsp3) is 0.471. The van der Waals surface area contributed by atoms with E-state index in [0.29, 0.717) is 19.5 Å². The van der Waals surface area contributed by atoms with E-state index in [4.69, 9.17) is 4.74 Å². The van der Waals surface area contributed by atoms with Gasteiger partial charge < -0.3 is 19.4 Å². The lowest BCUT2D eigenvalue weighted by atomic mass is 10.1. The predicted octanol–water partition coefficient (Wildman–Crippen LogP) is 1.94. The number of hydrogen-bond acceptors (Lipinski definition) is 6. The number of urea groups is 1. The molecular weight excluding hydrogens is 338 g/mol. The number of rotatable bonds is 4. The van der Waals surface area contributed by atoms with Crippen molar-refractivity contribution in [3.8, 4) is 5.75 Å². The summed E-state index contributed by atoms with van der Waals surface area (Å²) in [7, 11) is 5.23. The number of piperazine rings is 1. The quantitative estimate of drug-likeness (QED) is 0.833. The van der Waals surface area contributed by atoms with Gasteiger partial charge in [0.2, 0.25) is 5.13 Å². The molecule has 3 rings (SSSR count). The first-order valence-corrected chi connectivity index (χ1v) is 9.01. The van der Waals surface area contributed by atoms with Gasteiger partial charge in [0.1, 0.15) is 11.6 Å². The Labute approximate surface area is 152 Å². The normalized spacial score (nSPS) is 14.5. The van der Waals surface area contributed by atoms with E-state index >= 15 is 0 Å². The van der Waals surface area contributed by atoms with Crippen LogP contribution in [0.3, 0.4) is 0 Å². The van der Waals surface area contributed by atoms with Crippen LogP contribution < -0.4 is 9.64 Å². The first-order valence-electron chi connectivity index (χ1n) is 8.23. The molecule has 2 aromatic rings. The predicted molar refractivity (Wildman–Crippen MR) is 98.6 cm³/mol. The maximum Gasteiger partial charge on any atom is 0.319 e. The van der Waals surface area contributed by atoms with Crippen LogP contribution in [0.2, 0.25) is 0 Å².